The summed E-state index contributed by atoms with van der Waals surface area (Å²) in [5.41, 5.74) is 5.24. The molecule has 0 fully saturated rings. The van der Waals surface area contributed by atoms with Crippen molar-refractivity contribution < 1.29 is 4.74 Å². The van der Waals surface area contributed by atoms with Gasteiger partial charge in [0.15, 0.2) is 0 Å². The van der Waals surface area contributed by atoms with E-state index in [1.165, 1.54) is 0 Å². The molecule has 2 aromatic heterocycles. The maximum atomic E-state index is 5.96. The molecule has 4 heteroatoms. The molecule has 0 bridgehead atoms. The Bertz CT molecular complexity index is 1020. The standard InChI is InChI=1S/C21H17BrN2O/c1-15-11-17(19-13-24-12-18(22)8-10-21(24)23-19)7-9-20(15)25-14-16-5-3-2-4-6-16/h2-13H,14H2,1H3. The van der Waals surface area contributed by atoms with Gasteiger partial charge in [0.25, 0.3) is 0 Å². The van der Waals surface area contributed by atoms with Crippen LogP contribution < -0.4 is 4.74 Å². The quantitative estimate of drug-likeness (QED) is 0.448. The Morgan fingerprint density at radius 3 is 2.64 bits per heavy atom. The predicted molar refractivity (Wildman–Crippen MR) is 104 cm³/mol. The Morgan fingerprint density at radius 1 is 1.00 bits per heavy atom. The average molecular weight is 393 g/mol. The Balaban J connectivity index is 1.58. The third-order valence-electron chi connectivity index (χ3n) is 4.12. The van der Waals surface area contributed by atoms with E-state index in [0.717, 1.165) is 38.3 Å². The maximum absolute atomic E-state index is 5.96. The number of benzene rings is 2. The van der Waals surface area contributed by atoms with E-state index in [0.29, 0.717) is 6.61 Å². The van der Waals surface area contributed by atoms with Gasteiger partial charge in [-0.3, -0.25) is 0 Å². The summed E-state index contributed by atoms with van der Waals surface area (Å²) in [6.45, 7) is 2.64. The van der Waals surface area contributed by atoms with E-state index in [1.807, 2.05) is 53.2 Å². The van der Waals surface area contributed by atoms with Gasteiger partial charge in [0, 0.05) is 22.4 Å². The van der Waals surface area contributed by atoms with Crippen molar-refractivity contribution >= 4 is 21.6 Å². The molecule has 3 nitrogen and oxygen atoms in total. The highest BCUT2D eigenvalue weighted by molar-refractivity contribution is 9.10. The van der Waals surface area contributed by atoms with Gasteiger partial charge in [-0.2, -0.15) is 0 Å². The fourth-order valence-electron chi connectivity index (χ4n) is 2.81. The van der Waals surface area contributed by atoms with Crippen LogP contribution in [0, 0.1) is 6.92 Å². The molecule has 25 heavy (non-hydrogen) atoms. The summed E-state index contributed by atoms with van der Waals surface area (Å²) in [5, 5.41) is 0. The number of pyridine rings is 1. The van der Waals surface area contributed by atoms with Gasteiger partial charge in [0.1, 0.15) is 18.0 Å². The summed E-state index contributed by atoms with van der Waals surface area (Å²) in [7, 11) is 0. The van der Waals surface area contributed by atoms with Crippen LogP contribution in [0.3, 0.4) is 0 Å². The number of imidazole rings is 1. The van der Waals surface area contributed by atoms with E-state index in [-0.39, 0.29) is 0 Å². The van der Waals surface area contributed by atoms with Crippen LogP contribution in [0.5, 0.6) is 5.75 Å². The first-order chi connectivity index (χ1) is 12.2. The van der Waals surface area contributed by atoms with Crippen molar-refractivity contribution in [1.29, 1.82) is 0 Å². The zero-order chi connectivity index (χ0) is 17.2. The Kier molecular flexibility index (Phi) is 4.28. The summed E-state index contributed by atoms with van der Waals surface area (Å²) in [4.78, 5) is 4.69. The van der Waals surface area contributed by atoms with Crippen LogP contribution in [0.15, 0.2) is 77.5 Å². The number of fused-ring (bicyclic) bond motifs is 1. The second-order valence-electron chi connectivity index (χ2n) is 5.99. The molecule has 4 aromatic rings. The van der Waals surface area contributed by atoms with Crippen LogP contribution in [-0.2, 0) is 6.61 Å². The topological polar surface area (TPSA) is 26.5 Å². The molecule has 2 heterocycles. The molecule has 0 aliphatic rings. The highest BCUT2D eigenvalue weighted by atomic mass is 79.9. The summed E-state index contributed by atoms with van der Waals surface area (Å²) < 4.78 is 9.01. The third kappa shape index (κ3) is 3.44. The molecule has 0 aliphatic heterocycles. The molecule has 0 saturated carbocycles. The van der Waals surface area contributed by atoms with Crippen LogP contribution in [0.2, 0.25) is 0 Å². The Labute approximate surface area is 155 Å². The van der Waals surface area contributed by atoms with Crippen molar-refractivity contribution in [1.82, 2.24) is 9.38 Å². The zero-order valence-electron chi connectivity index (χ0n) is 13.8. The van der Waals surface area contributed by atoms with Gasteiger partial charge in [-0.05, 0) is 64.3 Å². The molecule has 0 N–H and O–H groups in total. The number of aromatic nitrogens is 2. The Hall–Kier alpha value is -2.59. The van der Waals surface area contributed by atoms with Crippen molar-refractivity contribution in [3.05, 3.63) is 88.7 Å². The van der Waals surface area contributed by atoms with Gasteiger partial charge in [-0.25, -0.2) is 4.98 Å². The first kappa shape index (κ1) is 15.9. The smallest absolute Gasteiger partial charge is 0.137 e. The monoisotopic (exact) mass is 392 g/mol. The van der Waals surface area contributed by atoms with Gasteiger partial charge < -0.3 is 9.14 Å². The maximum Gasteiger partial charge on any atom is 0.137 e. The van der Waals surface area contributed by atoms with Gasteiger partial charge in [0.2, 0.25) is 0 Å². The molecule has 0 saturated heterocycles. The van der Waals surface area contributed by atoms with E-state index < -0.39 is 0 Å². The van der Waals surface area contributed by atoms with Crippen molar-refractivity contribution in [3.63, 3.8) is 0 Å². The minimum absolute atomic E-state index is 0.573. The average Bonchev–Trinajstić information content (AvgIpc) is 3.04. The summed E-state index contributed by atoms with van der Waals surface area (Å²) in [6, 6.07) is 20.4. The molecule has 0 unspecified atom stereocenters. The highest BCUT2D eigenvalue weighted by Crippen LogP contribution is 2.27. The van der Waals surface area contributed by atoms with E-state index >= 15 is 0 Å². The molecular weight excluding hydrogens is 376 g/mol. The molecule has 0 aliphatic carbocycles. The van der Waals surface area contributed by atoms with Gasteiger partial charge in [0.05, 0.1) is 5.69 Å². The van der Waals surface area contributed by atoms with Crippen LogP contribution >= 0.6 is 15.9 Å². The highest BCUT2D eigenvalue weighted by Gasteiger charge is 2.08. The van der Waals surface area contributed by atoms with Gasteiger partial charge in [-0.15, -0.1) is 0 Å². The van der Waals surface area contributed by atoms with Crippen molar-refractivity contribution in [2.24, 2.45) is 0 Å². The lowest BCUT2D eigenvalue weighted by Crippen LogP contribution is -1.96. The number of hydrogen-bond donors (Lipinski definition) is 0. The number of aryl methyl sites for hydroxylation is 1. The van der Waals surface area contributed by atoms with E-state index in [1.54, 1.807) is 0 Å². The summed E-state index contributed by atoms with van der Waals surface area (Å²) in [5.74, 6) is 0.902. The third-order valence-corrected chi connectivity index (χ3v) is 4.59. The van der Waals surface area contributed by atoms with Gasteiger partial charge >= 0.3 is 0 Å². The number of rotatable bonds is 4. The van der Waals surface area contributed by atoms with Crippen LogP contribution in [-0.4, -0.2) is 9.38 Å². The summed E-state index contributed by atoms with van der Waals surface area (Å²) >= 11 is 3.49. The van der Waals surface area contributed by atoms with Crippen molar-refractivity contribution in [2.45, 2.75) is 13.5 Å². The van der Waals surface area contributed by atoms with Crippen LogP contribution in [0.4, 0.5) is 0 Å². The lowest BCUT2D eigenvalue weighted by Gasteiger charge is -2.10. The van der Waals surface area contributed by atoms with Crippen molar-refractivity contribution in [2.75, 3.05) is 0 Å². The predicted octanol–water partition coefficient (Wildman–Crippen LogP) is 5.65. The lowest BCUT2D eigenvalue weighted by atomic mass is 10.1. The van der Waals surface area contributed by atoms with Crippen molar-refractivity contribution in [3.8, 4) is 17.0 Å². The van der Waals surface area contributed by atoms with E-state index in [9.17, 15) is 0 Å². The molecule has 124 valence electrons. The number of nitrogens with zero attached hydrogens (tertiary/aromatic N) is 2. The van der Waals surface area contributed by atoms with E-state index in [2.05, 4.69) is 52.1 Å². The number of halogens is 1. The molecule has 0 spiro atoms. The SMILES string of the molecule is Cc1cc(-c2cn3cc(Br)ccc3n2)ccc1OCc1ccccc1. The van der Waals surface area contributed by atoms with E-state index in [4.69, 9.17) is 4.74 Å². The summed E-state index contributed by atoms with van der Waals surface area (Å²) in [6.07, 6.45) is 4.05. The molecule has 0 amide bonds. The number of ether oxygens (including phenoxy) is 1. The largest absolute Gasteiger partial charge is 0.489 e. The first-order valence-corrected chi connectivity index (χ1v) is 8.90. The molecular formula is C21H17BrN2O. The molecule has 0 atom stereocenters. The normalized spacial score (nSPS) is 11.0. The fourth-order valence-corrected chi connectivity index (χ4v) is 3.16. The molecule has 4 rings (SSSR count). The molecule has 2 aromatic carbocycles. The van der Waals surface area contributed by atoms with Gasteiger partial charge in [-0.1, -0.05) is 30.3 Å². The Morgan fingerprint density at radius 2 is 1.84 bits per heavy atom. The number of hydrogen-bond acceptors (Lipinski definition) is 2. The minimum Gasteiger partial charge on any atom is -0.489 e. The van der Waals surface area contributed by atoms with Crippen LogP contribution in [0.25, 0.3) is 16.9 Å². The zero-order valence-corrected chi connectivity index (χ0v) is 15.4. The second-order valence-corrected chi connectivity index (χ2v) is 6.91. The fraction of sp³-hybridized carbons (Fsp3) is 0.0952. The minimum atomic E-state index is 0.573. The lowest BCUT2D eigenvalue weighted by molar-refractivity contribution is 0.304. The molecule has 0 radical (unpaired) electrons. The van der Waals surface area contributed by atoms with Crippen LogP contribution in [0.1, 0.15) is 11.1 Å². The first-order valence-electron chi connectivity index (χ1n) is 8.11. The second kappa shape index (κ2) is 6.73.